The third-order valence-electron chi connectivity index (χ3n) is 4.05. The maximum atomic E-state index is 13.0. The number of nitrogens with zero attached hydrogens (tertiary/aromatic N) is 3. The molecule has 2 aromatic carbocycles. The van der Waals surface area contributed by atoms with Crippen molar-refractivity contribution in [3.63, 3.8) is 0 Å². The van der Waals surface area contributed by atoms with E-state index in [1.165, 1.54) is 5.56 Å². The maximum absolute atomic E-state index is 13.0. The molecule has 4 nitrogen and oxygen atoms in total. The molecule has 1 aromatic heterocycles. The highest BCUT2D eigenvalue weighted by Gasteiger charge is 2.27. The highest BCUT2D eigenvalue weighted by atomic mass is 16.2. The molecule has 0 atom stereocenters. The Morgan fingerprint density at radius 1 is 1.05 bits per heavy atom. The van der Waals surface area contributed by atoms with Crippen LogP contribution in [0.4, 0.5) is 5.69 Å². The van der Waals surface area contributed by atoms with Gasteiger partial charge in [-0.15, -0.1) is 0 Å². The van der Waals surface area contributed by atoms with Gasteiger partial charge in [-0.2, -0.15) is 0 Å². The molecule has 4 heteroatoms. The highest BCUT2D eigenvalue weighted by Crippen LogP contribution is 2.29. The van der Waals surface area contributed by atoms with Gasteiger partial charge >= 0.3 is 0 Å². The first kappa shape index (κ1) is 13.0. The number of carbonyl (C=O) groups is 1. The lowest BCUT2D eigenvalue weighted by Gasteiger charge is -2.18. The molecular formula is C18H15N3O. The molecule has 108 valence electrons. The van der Waals surface area contributed by atoms with E-state index in [1.54, 1.807) is 0 Å². The van der Waals surface area contributed by atoms with Crippen LogP contribution in [0.1, 0.15) is 21.9 Å². The van der Waals surface area contributed by atoms with E-state index < -0.39 is 0 Å². The van der Waals surface area contributed by atoms with Gasteiger partial charge in [0.15, 0.2) is 0 Å². The molecule has 0 saturated carbocycles. The van der Waals surface area contributed by atoms with E-state index in [4.69, 9.17) is 0 Å². The van der Waals surface area contributed by atoms with Crippen LogP contribution in [-0.4, -0.2) is 22.4 Å². The third-order valence-corrected chi connectivity index (χ3v) is 4.05. The van der Waals surface area contributed by atoms with Crippen molar-refractivity contribution >= 4 is 22.5 Å². The SMILES string of the molecule is Cc1nc(C(=O)N2CCc3ccccc32)c2ccccc2n1. The predicted molar refractivity (Wildman–Crippen MR) is 86.1 cm³/mol. The monoisotopic (exact) mass is 289 g/mol. The molecule has 0 bridgehead atoms. The first-order valence-corrected chi connectivity index (χ1v) is 7.37. The molecular weight excluding hydrogens is 274 g/mol. The lowest BCUT2D eigenvalue weighted by Crippen LogP contribution is -2.30. The number of para-hydroxylation sites is 2. The number of aromatic nitrogens is 2. The summed E-state index contributed by atoms with van der Waals surface area (Å²) in [5.41, 5.74) is 3.50. The van der Waals surface area contributed by atoms with Crippen LogP contribution in [0.3, 0.4) is 0 Å². The van der Waals surface area contributed by atoms with Crippen LogP contribution >= 0.6 is 0 Å². The lowest BCUT2D eigenvalue weighted by atomic mass is 10.1. The fourth-order valence-corrected chi connectivity index (χ4v) is 3.03. The second kappa shape index (κ2) is 4.91. The molecule has 0 saturated heterocycles. The van der Waals surface area contributed by atoms with E-state index >= 15 is 0 Å². The Hall–Kier alpha value is -2.75. The zero-order chi connectivity index (χ0) is 15.1. The number of aryl methyl sites for hydroxylation is 1. The lowest BCUT2D eigenvalue weighted by molar-refractivity contribution is 0.0986. The molecule has 1 amide bonds. The first-order valence-electron chi connectivity index (χ1n) is 7.37. The summed E-state index contributed by atoms with van der Waals surface area (Å²) in [6.45, 7) is 2.52. The van der Waals surface area contributed by atoms with Crippen LogP contribution < -0.4 is 4.90 Å². The van der Waals surface area contributed by atoms with Gasteiger partial charge in [-0.3, -0.25) is 4.79 Å². The minimum Gasteiger partial charge on any atom is -0.306 e. The summed E-state index contributed by atoms with van der Waals surface area (Å²) in [6, 6.07) is 15.7. The van der Waals surface area contributed by atoms with Crippen LogP contribution in [0, 0.1) is 6.92 Å². The Labute approximate surface area is 128 Å². The van der Waals surface area contributed by atoms with Gasteiger partial charge in [0, 0.05) is 17.6 Å². The Balaban J connectivity index is 1.85. The molecule has 0 unspecified atom stereocenters. The Morgan fingerprint density at radius 3 is 2.73 bits per heavy atom. The van der Waals surface area contributed by atoms with Gasteiger partial charge in [0.25, 0.3) is 5.91 Å². The molecule has 0 fully saturated rings. The number of benzene rings is 2. The second-order valence-electron chi connectivity index (χ2n) is 5.47. The van der Waals surface area contributed by atoms with Gasteiger partial charge in [-0.05, 0) is 31.0 Å². The Kier molecular flexibility index (Phi) is 2.89. The number of fused-ring (bicyclic) bond motifs is 2. The Bertz CT molecular complexity index is 888. The molecule has 1 aliphatic heterocycles. The van der Waals surface area contributed by atoms with Crippen LogP contribution in [0.2, 0.25) is 0 Å². The molecule has 2 heterocycles. The molecule has 0 aliphatic carbocycles. The van der Waals surface area contributed by atoms with Gasteiger partial charge in [0.1, 0.15) is 11.5 Å². The summed E-state index contributed by atoms with van der Waals surface area (Å²) in [6.07, 6.45) is 0.893. The van der Waals surface area contributed by atoms with Gasteiger partial charge in [0.05, 0.1) is 5.52 Å². The van der Waals surface area contributed by atoms with Crippen LogP contribution in [0.5, 0.6) is 0 Å². The standard InChI is InChI=1S/C18H15N3O/c1-12-19-15-8-4-3-7-14(15)17(20-12)18(22)21-11-10-13-6-2-5-9-16(13)21/h2-9H,10-11H2,1H3. The summed E-state index contributed by atoms with van der Waals surface area (Å²) >= 11 is 0. The summed E-state index contributed by atoms with van der Waals surface area (Å²) in [5.74, 6) is 0.571. The molecule has 0 radical (unpaired) electrons. The van der Waals surface area contributed by atoms with Crippen molar-refractivity contribution in [3.8, 4) is 0 Å². The van der Waals surface area contributed by atoms with Gasteiger partial charge in [-0.25, -0.2) is 9.97 Å². The van der Waals surface area contributed by atoms with Gasteiger partial charge in [-0.1, -0.05) is 36.4 Å². The third kappa shape index (κ3) is 1.96. The van der Waals surface area contributed by atoms with E-state index in [9.17, 15) is 4.79 Å². The van der Waals surface area contributed by atoms with Gasteiger partial charge in [0.2, 0.25) is 0 Å². The number of rotatable bonds is 1. The number of anilines is 1. The summed E-state index contributed by atoms with van der Waals surface area (Å²) < 4.78 is 0. The smallest absolute Gasteiger partial charge is 0.277 e. The van der Waals surface area contributed by atoms with Crippen LogP contribution in [-0.2, 0) is 6.42 Å². The van der Waals surface area contributed by atoms with Crippen molar-refractivity contribution in [2.75, 3.05) is 11.4 Å². The van der Waals surface area contributed by atoms with Crippen molar-refractivity contribution in [1.29, 1.82) is 0 Å². The fraction of sp³-hybridized carbons (Fsp3) is 0.167. The van der Waals surface area contributed by atoms with Crippen molar-refractivity contribution in [1.82, 2.24) is 9.97 Å². The molecule has 22 heavy (non-hydrogen) atoms. The zero-order valence-corrected chi connectivity index (χ0v) is 12.3. The summed E-state index contributed by atoms with van der Waals surface area (Å²) in [7, 11) is 0. The van der Waals surface area contributed by atoms with Crippen molar-refractivity contribution in [2.24, 2.45) is 0 Å². The number of amides is 1. The molecule has 0 spiro atoms. The molecule has 4 rings (SSSR count). The molecule has 0 N–H and O–H groups in total. The quantitative estimate of drug-likeness (QED) is 0.691. The van der Waals surface area contributed by atoms with E-state index in [0.717, 1.165) is 23.0 Å². The summed E-state index contributed by atoms with van der Waals surface area (Å²) in [5, 5.41) is 0.808. The van der Waals surface area contributed by atoms with E-state index in [2.05, 4.69) is 16.0 Å². The number of hydrogen-bond donors (Lipinski definition) is 0. The topological polar surface area (TPSA) is 46.1 Å². The second-order valence-corrected chi connectivity index (χ2v) is 5.47. The van der Waals surface area contributed by atoms with Crippen molar-refractivity contribution < 1.29 is 4.79 Å². The predicted octanol–water partition coefficient (Wildman–Crippen LogP) is 3.14. The largest absolute Gasteiger partial charge is 0.306 e. The number of hydrogen-bond acceptors (Lipinski definition) is 3. The van der Waals surface area contributed by atoms with Crippen LogP contribution in [0.25, 0.3) is 10.9 Å². The van der Waals surface area contributed by atoms with E-state index in [0.29, 0.717) is 18.1 Å². The first-order chi connectivity index (χ1) is 10.7. The maximum Gasteiger partial charge on any atom is 0.277 e. The molecule has 1 aliphatic rings. The normalized spacial score (nSPS) is 13.4. The highest BCUT2D eigenvalue weighted by molar-refractivity contribution is 6.12. The average Bonchev–Trinajstić information content (AvgIpc) is 2.97. The zero-order valence-electron chi connectivity index (χ0n) is 12.3. The van der Waals surface area contributed by atoms with Crippen molar-refractivity contribution in [2.45, 2.75) is 13.3 Å². The Morgan fingerprint density at radius 2 is 1.82 bits per heavy atom. The summed E-state index contributed by atoms with van der Waals surface area (Å²) in [4.78, 5) is 23.7. The minimum absolute atomic E-state index is 0.0494. The van der Waals surface area contributed by atoms with Crippen molar-refractivity contribution in [3.05, 3.63) is 65.6 Å². The number of carbonyl (C=O) groups excluding carboxylic acids is 1. The van der Waals surface area contributed by atoms with Crippen LogP contribution in [0.15, 0.2) is 48.5 Å². The fourth-order valence-electron chi connectivity index (χ4n) is 3.03. The van der Waals surface area contributed by atoms with E-state index in [1.807, 2.05) is 54.3 Å². The average molecular weight is 289 g/mol. The van der Waals surface area contributed by atoms with Gasteiger partial charge < -0.3 is 4.90 Å². The van der Waals surface area contributed by atoms with E-state index in [-0.39, 0.29) is 5.91 Å². The molecule has 3 aromatic rings. The minimum atomic E-state index is -0.0494.